The van der Waals surface area contributed by atoms with Crippen LogP contribution in [0.15, 0.2) is 18.2 Å². The molecule has 0 saturated heterocycles. The van der Waals surface area contributed by atoms with Gasteiger partial charge in [0.1, 0.15) is 0 Å². The molecule has 3 rings (SSSR count). The minimum Gasteiger partial charge on any atom is -0.332 e. The Morgan fingerprint density at radius 1 is 1.47 bits per heavy atom. The van der Waals surface area contributed by atoms with Crippen LogP contribution in [0.25, 0.3) is 11.2 Å². The second-order valence-electron chi connectivity index (χ2n) is 4.15. The fourth-order valence-electron chi connectivity index (χ4n) is 2.02. The SMILES string of the molecule is CC[C@H]1C=C(F)[C@H]([n+]2c[nH]c3c(Cl)nc(F)nc32)O1. The third kappa shape index (κ3) is 1.98. The summed E-state index contributed by atoms with van der Waals surface area (Å²) in [5.41, 5.74) is 0.488. The topological polar surface area (TPSA) is 54.7 Å². The molecule has 100 valence electrons. The lowest BCUT2D eigenvalue weighted by atomic mass is 10.3. The van der Waals surface area contributed by atoms with E-state index in [-0.39, 0.29) is 16.9 Å². The third-order valence-corrected chi connectivity index (χ3v) is 3.22. The summed E-state index contributed by atoms with van der Waals surface area (Å²) in [4.78, 5) is 9.79. The average molecular weight is 288 g/mol. The number of nitrogens with one attached hydrogen (secondary N) is 1. The number of imidazole rings is 1. The van der Waals surface area contributed by atoms with Gasteiger partial charge < -0.3 is 4.74 Å². The lowest BCUT2D eigenvalue weighted by molar-refractivity contribution is -0.732. The molecule has 0 aliphatic carbocycles. The van der Waals surface area contributed by atoms with E-state index in [4.69, 9.17) is 16.3 Å². The zero-order valence-electron chi connectivity index (χ0n) is 9.90. The molecule has 1 N–H and O–H groups in total. The van der Waals surface area contributed by atoms with Gasteiger partial charge in [-0.05, 0) is 17.5 Å². The summed E-state index contributed by atoms with van der Waals surface area (Å²) in [7, 11) is 0. The van der Waals surface area contributed by atoms with Gasteiger partial charge in [-0.2, -0.15) is 9.55 Å². The third-order valence-electron chi connectivity index (χ3n) is 2.95. The van der Waals surface area contributed by atoms with Crippen molar-refractivity contribution < 1.29 is 18.1 Å². The lowest BCUT2D eigenvalue weighted by Crippen LogP contribution is -2.40. The number of fused-ring (bicyclic) bond motifs is 1. The zero-order chi connectivity index (χ0) is 13.6. The molecule has 1 aliphatic rings. The Morgan fingerprint density at radius 3 is 2.95 bits per heavy atom. The largest absolute Gasteiger partial charge is 0.386 e. The fraction of sp³-hybridized carbons (Fsp3) is 0.364. The Hall–Kier alpha value is -1.60. The average Bonchev–Trinajstić information content (AvgIpc) is 2.92. The number of hydrogen-bond donors (Lipinski definition) is 1. The summed E-state index contributed by atoms with van der Waals surface area (Å²) >= 11 is 5.79. The number of rotatable bonds is 2. The van der Waals surface area contributed by atoms with Crippen molar-refractivity contribution in [3.63, 3.8) is 0 Å². The minimum absolute atomic E-state index is 0.0596. The predicted molar refractivity (Wildman–Crippen MR) is 62.4 cm³/mol. The maximum absolute atomic E-state index is 13.8. The van der Waals surface area contributed by atoms with Gasteiger partial charge in [0.15, 0.2) is 17.3 Å². The molecule has 19 heavy (non-hydrogen) atoms. The van der Waals surface area contributed by atoms with E-state index < -0.39 is 18.1 Å². The molecule has 2 atom stereocenters. The van der Waals surface area contributed by atoms with E-state index in [9.17, 15) is 8.78 Å². The first-order chi connectivity index (χ1) is 9.10. The molecule has 8 heteroatoms. The molecule has 1 aliphatic heterocycles. The maximum atomic E-state index is 13.8. The molecular weight excluding hydrogens is 278 g/mol. The molecule has 0 aromatic carbocycles. The monoisotopic (exact) mass is 287 g/mol. The van der Waals surface area contributed by atoms with Crippen molar-refractivity contribution in [3.05, 3.63) is 29.5 Å². The van der Waals surface area contributed by atoms with E-state index in [1.54, 1.807) is 0 Å². The van der Waals surface area contributed by atoms with Gasteiger partial charge in [0, 0.05) is 0 Å². The van der Waals surface area contributed by atoms with E-state index in [1.807, 2.05) is 6.92 Å². The van der Waals surface area contributed by atoms with Gasteiger partial charge >= 0.3 is 11.7 Å². The van der Waals surface area contributed by atoms with Crippen molar-refractivity contribution in [1.29, 1.82) is 0 Å². The van der Waals surface area contributed by atoms with Crippen LogP contribution in [0.1, 0.15) is 19.6 Å². The second kappa shape index (κ2) is 4.50. The summed E-state index contributed by atoms with van der Waals surface area (Å²) in [6.07, 6.45) is 1.25. The molecule has 3 heterocycles. The molecule has 5 nitrogen and oxygen atoms in total. The van der Waals surface area contributed by atoms with E-state index in [1.165, 1.54) is 17.0 Å². The van der Waals surface area contributed by atoms with Crippen molar-refractivity contribution >= 4 is 22.8 Å². The highest BCUT2D eigenvalue weighted by atomic mass is 35.5. The number of nitrogens with zero attached hydrogens (tertiary/aromatic N) is 3. The van der Waals surface area contributed by atoms with Crippen LogP contribution in [0.3, 0.4) is 0 Å². The number of aromatic nitrogens is 4. The minimum atomic E-state index is -0.972. The summed E-state index contributed by atoms with van der Waals surface area (Å²) < 4.78 is 33.9. The molecule has 2 aromatic heterocycles. The highest BCUT2D eigenvalue weighted by Gasteiger charge is 2.34. The van der Waals surface area contributed by atoms with Crippen LogP contribution < -0.4 is 4.57 Å². The highest BCUT2D eigenvalue weighted by molar-refractivity contribution is 6.33. The molecule has 0 unspecified atom stereocenters. The van der Waals surface area contributed by atoms with Crippen LogP contribution in [-0.2, 0) is 4.74 Å². The zero-order valence-corrected chi connectivity index (χ0v) is 10.7. The van der Waals surface area contributed by atoms with E-state index in [2.05, 4.69) is 15.0 Å². The molecule has 0 bridgehead atoms. The second-order valence-corrected chi connectivity index (χ2v) is 4.51. The smallest absolute Gasteiger partial charge is 0.332 e. The Morgan fingerprint density at radius 2 is 2.26 bits per heavy atom. The summed E-state index contributed by atoms with van der Waals surface area (Å²) in [6.45, 7) is 1.88. The normalized spacial score (nSPS) is 23.1. The van der Waals surface area contributed by atoms with Crippen molar-refractivity contribution in [2.45, 2.75) is 25.7 Å². The first kappa shape index (κ1) is 12.4. The van der Waals surface area contributed by atoms with Gasteiger partial charge in [0.25, 0.3) is 0 Å². The summed E-state index contributed by atoms with van der Waals surface area (Å²) in [5.74, 6) is -0.437. The Kier molecular flexibility index (Phi) is 2.94. The number of H-pyrrole nitrogens is 1. The van der Waals surface area contributed by atoms with Gasteiger partial charge in [-0.25, -0.2) is 4.39 Å². The van der Waals surface area contributed by atoms with Gasteiger partial charge in [-0.15, -0.1) is 4.39 Å². The molecular formula is C11H10ClF2N4O+. The maximum Gasteiger partial charge on any atom is 0.386 e. The Bertz CT molecular complexity index is 672. The molecule has 0 spiro atoms. The van der Waals surface area contributed by atoms with Crippen LogP contribution >= 0.6 is 11.6 Å². The molecule has 2 aromatic rings. The molecule has 0 saturated carbocycles. The van der Waals surface area contributed by atoms with Gasteiger partial charge in [0.2, 0.25) is 11.7 Å². The van der Waals surface area contributed by atoms with Gasteiger partial charge in [-0.3, -0.25) is 4.98 Å². The Balaban J connectivity index is 2.10. The summed E-state index contributed by atoms with van der Waals surface area (Å²) in [6, 6.07) is 0. The number of hydrogen-bond acceptors (Lipinski definition) is 3. The van der Waals surface area contributed by atoms with Crippen LogP contribution in [0, 0.1) is 6.08 Å². The van der Waals surface area contributed by atoms with Gasteiger partial charge in [-0.1, -0.05) is 18.5 Å². The van der Waals surface area contributed by atoms with Crippen LogP contribution in [0.2, 0.25) is 5.15 Å². The quantitative estimate of drug-likeness (QED) is 0.523. The van der Waals surface area contributed by atoms with Crippen molar-refractivity contribution in [1.82, 2.24) is 15.0 Å². The number of aromatic amines is 1. The van der Waals surface area contributed by atoms with E-state index >= 15 is 0 Å². The molecule has 0 fully saturated rings. The molecule has 0 radical (unpaired) electrons. The van der Waals surface area contributed by atoms with Crippen LogP contribution in [0.5, 0.6) is 0 Å². The van der Waals surface area contributed by atoms with Crippen molar-refractivity contribution in [2.24, 2.45) is 0 Å². The first-order valence-electron chi connectivity index (χ1n) is 5.74. The first-order valence-corrected chi connectivity index (χ1v) is 6.12. The number of ether oxygens (including phenoxy) is 1. The van der Waals surface area contributed by atoms with Crippen molar-refractivity contribution in [2.75, 3.05) is 0 Å². The summed E-state index contributed by atoms with van der Waals surface area (Å²) in [5, 5.41) is -0.0596. The highest BCUT2D eigenvalue weighted by Crippen LogP contribution is 2.28. The van der Waals surface area contributed by atoms with Gasteiger partial charge in [0.05, 0.1) is 6.10 Å². The van der Waals surface area contributed by atoms with E-state index in [0.717, 1.165) is 0 Å². The standard InChI is InChI=1S/C11H9ClF2N4O/c1-2-5-3-6(13)10(19-5)18-4-15-7-8(12)16-11(14)17-9(7)18/h3-5,10H,2H2,1H3/p+1/t5-,10+/m0/s1. The molecule has 0 amide bonds. The van der Waals surface area contributed by atoms with Crippen LogP contribution in [-0.4, -0.2) is 21.1 Å². The van der Waals surface area contributed by atoms with Crippen molar-refractivity contribution in [3.8, 4) is 0 Å². The fourth-order valence-corrected chi connectivity index (χ4v) is 2.23. The van der Waals surface area contributed by atoms with Crippen LogP contribution in [0.4, 0.5) is 8.78 Å². The Labute approximate surface area is 111 Å². The lowest BCUT2D eigenvalue weighted by Gasteiger charge is -2.10. The predicted octanol–water partition coefficient (Wildman–Crippen LogP) is 2.20. The van der Waals surface area contributed by atoms with E-state index in [0.29, 0.717) is 11.9 Å². The number of halogens is 3.